The summed E-state index contributed by atoms with van der Waals surface area (Å²) in [6, 6.07) is 1.96. The third kappa shape index (κ3) is 3.60. The van der Waals surface area contributed by atoms with E-state index in [0.717, 1.165) is 24.0 Å². The molecule has 0 aliphatic heterocycles. The second-order valence-electron chi connectivity index (χ2n) is 5.50. The summed E-state index contributed by atoms with van der Waals surface area (Å²) in [5.74, 6) is 2.44. The van der Waals surface area contributed by atoms with Gasteiger partial charge in [-0.3, -0.25) is 0 Å². The van der Waals surface area contributed by atoms with Crippen LogP contribution in [-0.4, -0.2) is 30.2 Å². The van der Waals surface area contributed by atoms with Gasteiger partial charge in [0.25, 0.3) is 0 Å². The second kappa shape index (κ2) is 6.88. The summed E-state index contributed by atoms with van der Waals surface area (Å²) in [5.41, 5.74) is 0.477. The number of nitrogens with one attached hydrogen (secondary N) is 2. The van der Waals surface area contributed by atoms with E-state index in [1.54, 1.807) is 0 Å². The van der Waals surface area contributed by atoms with E-state index in [9.17, 15) is 0 Å². The quantitative estimate of drug-likeness (QED) is 0.765. The molecule has 1 heterocycles. The number of hydrogen-bond acceptors (Lipinski definition) is 5. The van der Waals surface area contributed by atoms with Crippen LogP contribution < -0.4 is 10.6 Å². The third-order valence-electron chi connectivity index (χ3n) is 4.27. The van der Waals surface area contributed by atoms with Gasteiger partial charge in [0.05, 0.1) is 0 Å². The van der Waals surface area contributed by atoms with E-state index in [4.69, 9.17) is 4.74 Å². The molecule has 0 saturated heterocycles. The van der Waals surface area contributed by atoms with E-state index in [0.29, 0.717) is 18.6 Å². The Balaban J connectivity index is 2.02. The maximum absolute atomic E-state index is 5.39. The molecule has 0 spiro atoms. The number of rotatable bonds is 8. The lowest BCUT2D eigenvalue weighted by molar-refractivity contribution is 0.128. The van der Waals surface area contributed by atoms with Gasteiger partial charge in [-0.2, -0.15) is 0 Å². The van der Waals surface area contributed by atoms with Gasteiger partial charge in [0.15, 0.2) is 5.82 Å². The van der Waals surface area contributed by atoms with Gasteiger partial charge in [0, 0.05) is 26.3 Å². The van der Waals surface area contributed by atoms with Gasteiger partial charge in [-0.05, 0) is 31.6 Å². The van der Waals surface area contributed by atoms with Crippen LogP contribution in [0.15, 0.2) is 6.07 Å². The van der Waals surface area contributed by atoms with Gasteiger partial charge in [-0.25, -0.2) is 9.97 Å². The van der Waals surface area contributed by atoms with Gasteiger partial charge in [0.2, 0.25) is 0 Å². The Hall–Kier alpha value is -1.36. The first-order valence-electron chi connectivity index (χ1n) is 7.58. The molecule has 1 aliphatic rings. The smallest absolute Gasteiger partial charge is 0.158 e. The topological polar surface area (TPSA) is 59.1 Å². The van der Waals surface area contributed by atoms with Crippen LogP contribution in [0.1, 0.15) is 45.4 Å². The summed E-state index contributed by atoms with van der Waals surface area (Å²) in [5, 5.41) is 6.56. The van der Waals surface area contributed by atoms with Gasteiger partial charge in [0.1, 0.15) is 18.2 Å². The fourth-order valence-corrected chi connectivity index (χ4v) is 2.58. The summed E-state index contributed by atoms with van der Waals surface area (Å²) in [7, 11) is 1.87. The molecule has 0 atom stereocenters. The number of nitrogens with zero attached hydrogens (tertiary/aromatic N) is 2. The number of anilines is 2. The number of ether oxygens (including phenoxy) is 1. The van der Waals surface area contributed by atoms with Crippen molar-refractivity contribution < 1.29 is 4.74 Å². The molecule has 5 heteroatoms. The molecule has 1 fully saturated rings. The van der Waals surface area contributed by atoms with Gasteiger partial charge in [-0.1, -0.05) is 13.3 Å². The summed E-state index contributed by atoms with van der Waals surface area (Å²) in [6.07, 6.45) is 5.24. The SMILES string of the molecule is CCOCc1nc(NC)cc(NCC2(CC)CCC2)n1. The van der Waals surface area contributed by atoms with Crippen molar-refractivity contribution in [3.8, 4) is 0 Å². The first-order valence-corrected chi connectivity index (χ1v) is 7.58. The van der Waals surface area contributed by atoms with E-state index >= 15 is 0 Å². The molecule has 1 aliphatic carbocycles. The van der Waals surface area contributed by atoms with Crippen LogP contribution in [-0.2, 0) is 11.3 Å². The standard InChI is InChI=1S/C15H26N4O/c1-4-15(7-6-8-15)11-17-13-9-12(16-3)18-14(19-13)10-20-5-2/h9H,4-8,10-11H2,1-3H3,(H2,16,17,18,19). The van der Waals surface area contributed by atoms with Crippen LogP contribution in [0.25, 0.3) is 0 Å². The maximum Gasteiger partial charge on any atom is 0.158 e. The lowest BCUT2D eigenvalue weighted by Gasteiger charge is -2.41. The third-order valence-corrected chi connectivity index (χ3v) is 4.27. The molecule has 20 heavy (non-hydrogen) atoms. The van der Waals surface area contributed by atoms with E-state index in [1.165, 1.54) is 25.7 Å². The van der Waals surface area contributed by atoms with Crippen LogP contribution in [0.3, 0.4) is 0 Å². The van der Waals surface area contributed by atoms with E-state index in [1.807, 2.05) is 20.0 Å². The molecule has 2 rings (SSSR count). The van der Waals surface area contributed by atoms with Crippen molar-refractivity contribution in [1.82, 2.24) is 9.97 Å². The highest BCUT2D eigenvalue weighted by Crippen LogP contribution is 2.43. The summed E-state index contributed by atoms with van der Waals surface area (Å²) < 4.78 is 5.39. The molecular weight excluding hydrogens is 252 g/mol. The average molecular weight is 278 g/mol. The Morgan fingerprint density at radius 3 is 2.55 bits per heavy atom. The van der Waals surface area contributed by atoms with Gasteiger partial charge >= 0.3 is 0 Å². The maximum atomic E-state index is 5.39. The predicted molar refractivity (Wildman–Crippen MR) is 82.0 cm³/mol. The van der Waals surface area contributed by atoms with Crippen molar-refractivity contribution in [2.75, 3.05) is 30.8 Å². The van der Waals surface area contributed by atoms with Crippen molar-refractivity contribution in [2.24, 2.45) is 5.41 Å². The van der Waals surface area contributed by atoms with E-state index in [-0.39, 0.29) is 0 Å². The van der Waals surface area contributed by atoms with Gasteiger partial charge < -0.3 is 15.4 Å². The normalized spacial score (nSPS) is 16.6. The molecule has 0 aromatic carbocycles. The fourth-order valence-electron chi connectivity index (χ4n) is 2.58. The predicted octanol–water partition coefficient (Wildman–Crippen LogP) is 3.05. The molecule has 2 N–H and O–H groups in total. The Bertz CT molecular complexity index is 426. The van der Waals surface area contributed by atoms with Crippen molar-refractivity contribution >= 4 is 11.6 Å². The molecule has 5 nitrogen and oxygen atoms in total. The summed E-state index contributed by atoms with van der Waals surface area (Å²) in [6.45, 7) is 6.38. The average Bonchev–Trinajstić information content (AvgIpc) is 2.44. The molecule has 1 aromatic rings. The Morgan fingerprint density at radius 1 is 1.25 bits per heavy atom. The van der Waals surface area contributed by atoms with Crippen LogP contribution in [0.5, 0.6) is 0 Å². The van der Waals surface area contributed by atoms with E-state index in [2.05, 4.69) is 27.5 Å². The van der Waals surface area contributed by atoms with Crippen molar-refractivity contribution in [3.05, 3.63) is 11.9 Å². The molecule has 0 amide bonds. The molecule has 0 unspecified atom stereocenters. The minimum Gasteiger partial charge on any atom is -0.374 e. The minimum atomic E-state index is 0.458. The Labute approximate surface area is 121 Å². The largest absolute Gasteiger partial charge is 0.374 e. The summed E-state index contributed by atoms with van der Waals surface area (Å²) >= 11 is 0. The van der Waals surface area contributed by atoms with Crippen LogP contribution >= 0.6 is 0 Å². The molecule has 1 aromatic heterocycles. The second-order valence-corrected chi connectivity index (χ2v) is 5.50. The first-order chi connectivity index (χ1) is 9.71. The lowest BCUT2D eigenvalue weighted by Crippen LogP contribution is -2.36. The zero-order valence-electron chi connectivity index (χ0n) is 12.8. The Kier molecular flexibility index (Phi) is 5.17. The summed E-state index contributed by atoms with van der Waals surface area (Å²) in [4.78, 5) is 8.93. The lowest BCUT2D eigenvalue weighted by atomic mass is 9.67. The van der Waals surface area contributed by atoms with Gasteiger partial charge in [-0.15, -0.1) is 0 Å². The number of hydrogen-bond donors (Lipinski definition) is 2. The minimum absolute atomic E-state index is 0.458. The van der Waals surface area contributed by atoms with Crippen molar-refractivity contribution in [2.45, 2.75) is 46.1 Å². The fraction of sp³-hybridized carbons (Fsp3) is 0.733. The van der Waals surface area contributed by atoms with Crippen molar-refractivity contribution in [1.29, 1.82) is 0 Å². The highest BCUT2D eigenvalue weighted by Gasteiger charge is 2.34. The number of aromatic nitrogens is 2. The Morgan fingerprint density at radius 2 is 2.00 bits per heavy atom. The molecule has 0 radical (unpaired) electrons. The van der Waals surface area contributed by atoms with Crippen LogP contribution in [0.2, 0.25) is 0 Å². The highest BCUT2D eigenvalue weighted by atomic mass is 16.5. The monoisotopic (exact) mass is 278 g/mol. The van der Waals surface area contributed by atoms with E-state index < -0.39 is 0 Å². The highest BCUT2D eigenvalue weighted by molar-refractivity contribution is 5.47. The zero-order chi connectivity index (χ0) is 14.4. The molecular formula is C15H26N4O. The van der Waals surface area contributed by atoms with Crippen LogP contribution in [0, 0.1) is 5.41 Å². The van der Waals surface area contributed by atoms with Crippen LogP contribution in [0.4, 0.5) is 11.6 Å². The molecule has 1 saturated carbocycles. The molecule has 112 valence electrons. The van der Waals surface area contributed by atoms with Crippen molar-refractivity contribution in [3.63, 3.8) is 0 Å². The zero-order valence-corrected chi connectivity index (χ0v) is 12.8. The molecule has 0 bridgehead atoms. The first kappa shape index (κ1) is 15.0.